The Labute approximate surface area is 206 Å². The minimum Gasteiger partial charge on any atom is -0.357 e. The van der Waals surface area contributed by atoms with Gasteiger partial charge in [0, 0.05) is 26.6 Å². The number of carbonyl (C=O) groups excluding carboxylic acids is 1. The highest BCUT2D eigenvalue weighted by Crippen LogP contribution is 2.16. The third-order valence-corrected chi connectivity index (χ3v) is 4.73. The Bertz CT molecular complexity index is 974. The molecule has 32 heavy (non-hydrogen) atoms. The summed E-state index contributed by atoms with van der Waals surface area (Å²) in [6, 6.07) is 20.0. The van der Waals surface area contributed by atoms with Crippen molar-refractivity contribution in [2.75, 3.05) is 20.1 Å². The first-order chi connectivity index (χ1) is 15.2. The van der Waals surface area contributed by atoms with Gasteiger partial charge >= 0.3 is 0 Å². The molecule has 0 atom stereocenters. The van der Waals surface area contributed by atoms with Crippen molar-refractivity contribution in [2.24, 2.45) is 4.99 Å². The summed E-state index contributed by atoms with van der Waals surface area (Å²) in [5.41, 5.74) is 3.17. The average Bonchev–Trinajstić information content (AvgIpc) is 3.27. The second-order valence-electron chi connectivity index (χ2n) is 7.21. The topological polar surface area (TPSA) is 85.4 Å². The van der Waals surface area contributed by atoms with Crippen molar-refractivity contribution in [3.8, 4) is 11.3 Å². The first-order valence-electron chi connectivity index (χ1n) is 10.5. The fraction of sp³-hybridized carbons (Fsp3) is 0.292. The smallest absolute Gasteiger partial charge is 0.222 e. The second-order valence-corrected chi connectivity index (χ2v) is 7.21. The molecule has 170 valence electrons. The van der Waals surface area contributed by atoms with Crippen molar-refractivity contribution in [1.29, 1.82) is 0 Å². The summed E-state index contributed by atoms with van der Waals surface area (Å²) < 4.78 is 0. The van der Waals surface area contributed by atoms with Crippen LogP contribution in [0.5, 0.6) is 0 Å². The maximum absolute atomic E-state index is 12.1. The van der Waals surface area contributed by atoms with Gasteiger partial charge in [0.25, 0.3) is 0 Å². The zero-order valence-corrected chi connectivity index (χ0v) is 20.9. The third-order valence-electron chi connectivity index (χ3n) is 4.73. The quantitative estimate of drug-likeness (QED) is 0.217. The van der Waals surface area contributed by atoms with Crippen molar-refractivity contribution in [2.45, 2.75) is 26.4 Å². The fourth-order valence-electron chi connectivity index (χ4n) is 3.12. The minimum atomic E-state index is -0.00959. The Kier molecular flexibility index (Phi) is 10.7. The first kappa shape index (κ1) is 25.4. The van der Waals surface area contributed by atoms with Gasteiger partial charge < -0.3 is 20.5 Å². The number of nitrogens with one attached hydrogen (secondary N) is 3. The molecule has 0 fully saturated rings. The monoisotopic (exact) mass is 546 g/mol. The zero-order valence-electron chi connectivity index (χ0n) is 18.5. The Balaban J connectivity index is 0.00000363. The van der Waals surface area contributed by atoms with E-state index in [0.717, 1.165) is 35.1 Å². The van der Waals surface area contributed by atoms with Gasteiger partial charge in [0.15, 0.2) is 5.96 Å². The van der Waals surface area contributed by atoms with Crippen molar-refractivity contribution in [1.82, 2.24) is 25.5 Å². The third kappa shape index (κ3) is 7.99. The molecule has 0 saturated heterocycles. The molecule has 1 amide bonds. The Morgan fingerprint density at radius 2 is 1.75 bits per heavy atom. The van der Waals surface area contributed by atoms with E-state index in [9.17, 15) is 4.79 Å². The van der Waals surface area contributed by atoms with Crippen LogP contribution in [0.15, 0.2) is 71.9 Å². The zero-order chi connectivity index (χ0) is 21.9. The number of hydrogen-bond donors (Lipinski definition) is 3. The molecule has 3 N–H and O–H groups in total. The van der Waals surface area contributed by atoms with Crippen LogP contribution in [0.4, 0.5) is 0 Å². The summed E-state index contributed by atoms with van der Waals surface area (Å²) in [6.45, 7) is 4.30. The lowest BCUT2D eigenvalue weighted by Crippen LogP contribution is -2.39. The van der Waals surface area contributed by atoms with Gasteiger partial charge in [-0.2, -0.15) is 0 Å². The van der Waals surface area contributed by atoms with E-state index in [-0.39, 0.29) is 29.9 Å². The molecule has 0 unspecified atom stereocenters. The van der Waals surface area contributed by atoms with Crippen molar-refractivity contribution >= 4 is 35.8 Å². The highest BCUT2D eigenvalue weighted by Gasteiger charge is 2.10. The molecule has 8 heteroatoms. The highest BCUT2D eigenvalue weighted by atomic mass is 127. The van der Waals surface area contributed by atoms with E-state index in [1.807, 2.05) is 73.6 Å². The normalized spacial score (nSPS) is 10.9. The van der Waals surface area contributed by atoms with Crippen LogP contribution >= 0.6 is 24.0 Å². The van der Waals surface area contributed by atoms with Crippen LogP contribution in [0.3, 0.4) is 0 Å². The van der Waals surface area contributed by atoms with Gasteiger partial charge in [-0.15, -0.1) is 24.0 Å². The highest BCUT2D eigenvalue weighted by molar-refractivity contribution is 14.0. The summed E-state index contributed by atoms with van der Waals surface area (Å²) in [7, 11) is 1.96. The van der Waals surface area contributed by atoms with Crippen molar-refractivity contribution < 1.29 is 4.79 Å². The molecule has 0 spiro atoms. The van der Waals surface area contributed by atoms with E-state index in [1.54, 1.807) is 0 Å². The predicted molar refractivity (Wildman–Crippen MR) is 140 cm³/mol. The molecule has 3 rings (SSSR count). The van der Waals surface area contributed by atoms with Gasteiger partial charge in [0.1, 0.15) is 5.82 Å². The molecule has 1 aromatic heterocycles. The molecule has 0 aliphatic rings. The van der Waals surface area contributed by atoms with Crippen LogP contribution in [-0.2, 0) is 17.9 Å². The lowest BCUT2D eigenvalue weighted by Gasteiger charge is -2.21. The van der Waals surface area contributed by atoms with Crippen LogP contribution in [0.25, 0.3) is 11.3 Å². The number of rotatable bonds is 9. The number of hydrogen-bond acceptors (Lipinski definition) is 3. The van der Waals surface area contributed by atoms with Gasteiger partial charge in [0.05, 0.1) is 25.0 Å². The standard InChI is InChI=1S/C24H30N6O.HI/c1-3-25-24(26-15-14-23(31)28-16-19-10-6-4-7-11-19)30(2)18-22-27-17-21(29-22)20-12-8-5-9-13-20;/h4-13,17H,3,14-16,18H2,1-2H3,(H,25,26)(H,27,29)(H,28,31);1H. The van der Waals surface area contributed by atoms with Gasteiger partial charge in [-0.3, -0.25) is 9.79 Å². The number of benzene rings is 2. The fourth-order valence-corrected chi connectivity index (χ4v) is 3.12. The Hall–Kier alpha value is -2.88. The van der Waals surface area contributed by atoms with E-state index >= 15 is 0 Å². The summed E-state index contributed by atoms with van der Waals surface area (Å²) in [6.07, 6.45) is 2.19. The lowest BCUT2D eigenvalue weighted by atomic mass is 10.2. The molecule has 0 radical (unpaired) electrons. The molecular formula is C24H31IN6O. The number of nitrogens with zero attached hydrogens (tertiary/aromatic N) is 3. The summed E-state index contributed by atoms with van der Waals surface area (Å²) >= 11 is 0. The molecule has 7 nitrogen and oxygen atoms in total. The Morgan fingerprint density at radius 3 is 2.44 bits per heavy atom. The number of carbonyl (C=O) groups is 1. The van der Waals surface area contributed by atoms with E-state index < -0.39 is 0 Å². The van der Waals surface area contributed by atoms with E-state index in [1.165, 1.54) is 0 Å². The molecule has 0 aliphatic carbocycles. The average molecular weight is 546 g/mol. The van der Waals surface area contributed by atoms with Crippen LogP contribution in [0.1, 0.15) is 24.7 Å². The molecule has 0 saturated carbocycles. The molecule has 1 heterocycles. The summed E-state index contributed by atoms with van der Waals surface area (Å²) in [5.74, 6) is 1.59. The van der Waals surface area contributed by atoms with E-state index in [0.29, 0.717) is 26.1 Å². The molecule has 3 aromatic rings. The number of imidazole rings is 1. The van der Waals surface area contributed by atoms with E-state index in [2.05, 4.69) is 37.7 Å². The van der Waals surface area contributed by atoms with Crippen molar-refractivity contribution in [3.63, 3.8) is 0 Å². The SMILES string of the molecule is CCNC(=NCCC(=O)NCc1ccccc1)N(C)Cc1ncc(-c2ccccc2)[nH]1.I. The summed E-state index contributed by atoms with van der Waals surface area (Å²) in [5, 5.41) is 6.21. The molecule has 2 aromatic carbocycles. The number of aromatic nitrogens is 2. The van der Waals surface area contributed by atoms with E-state index in [4.69, 9.17) is 0 Å². The van der Waals surface area contributed by atoms with Gasteiger partial charge in [-0.05, 0) is 18.1 Å². The lowest BCUT2D eigenvalue weighted by molar-refractivity contribution is -0.121. The minimum absolute atomic E-state index is 0. The van der Waals surface area contributed by atoms with Crippen LogP contribution in [0.2, 0.25) is 0 Å². The largest absolute Gasteiger partial charge is 0.357 e. The number of aromatic amines is 1. The van der Waals surface area contributed by atoms with Crippen molar-refractivity contribution in [3.05, 3.63) is 78.2 Å². The maximum Gasteiger partial charge on any atom is 0.222 e. The number of aliphatic imine (C=N–C) groups is 1. The molecular weight excluding hydrogens is 515 g/mol. The second kappa shape index (κ2) is 13.5. The van der Waals surface area contributed by atoms with Crippen LogP contribution in [0, 0.1) is 0 Å². The molecule has 0 aliphatic heterocycles. The predicted octanol–water partition coefficient (Wildman–Crippen LogP) is 3.80. The number of H-pyrrole nitrogens is 1. The van der Waals surface area contributed by atoms with Crippen LogP contribution in [-0.4, -0.2) is 46.9 Å². The molecule has 0 bridgehead atoms. The van der Waals surface area contributed by atoms with Crippen LogP contribution < -0.4 is 10.6 Å². The number of halogens is 1. The Morgan fingerprint density at radius 1 is 1.06 bits per heavy atom. The van der Waals surface area contributed by atoms with Gasteiger partial charge in [0.2, 0.25) is 5.91 Å². The summed E-state index contributed by atoms with van der Waals surface area (Å²) in [4.78, 5) is 26.6. The maximum atomic E-state index is 12.1. The van der Waals surface area contributed by atoms with Gasteiger partial charge in [-0.1, -0.05) is 60.7 Å². The van der Waals surface area contributed by atoms with Gasteiger partial charge in [-0.25, -0.2) is 4.98 Å². The number of guanidine groups is 1. The first-order valence-corrected chi connectivity index (χ1v) is 10.5. The number of amides is 1.